The molecule has 1 N–H and O–H groups in total. The van der Waals surface area contributed by atoms with Gasteiger partial charge in [-0.05, 0) is 36.6 Å². The number of nitrogens with zero attached hydrogens (tertiary/aromatic N) is 1. The second-order valence-corrected chi connectivity index (χ2v) is 4.20. The van der Waals surface area contributed by atoms with E-state index in [0.29, 0.717) is 12.1 Å². The molecule has 0 aliphatic heterocycles. The van der Waals surface area contributed by atoms with Gasteiger partial charge in [0, 0.05) is 19.2 Å². The van der Waals surface area contributed by atoms with E-state index in [-0.39, 0.29) is 5.78 Å². The molecule has 0 bridgehead atoms. The van der Waals surface area contributed by atoms with Crippen LogP contribution in [0.25, 0.3) is 0 Å². The number of Topliss-reactive ketones (excluding diaryl/α,β-unsaturated/α-hetero) is 1. The van der Waals surface area contributed by atoms with Crippen LogP contribution in [0.1, 0.15) is 27.0 Å². The van der Waals surface area contributed by atoms with Gasteiger partial charge in [-0.25, -0.2) is 0 Å². The summed E-state index contributed by atoms with van der Waals surface area (Å²) in [4.78, 5) is 23.6. The van der Waals surface area contributed by atoms with Crippen LogP contribution in [0, 0.1) is 13.8 Å². The van der Waals surface area contributed by atoms with Crippen LogP contribution in [0.2, 0.25) is 0 Å². The highest BCUT2D eigenvalue weighted by molar-refractivity contribution is 5.98. The quantitative estimate of drug-likeness (QED) is 0.613. The second kappa shape index (κ2) is 5.59. The molecule has 1 aromatic carbocycles. The minimum atomic E-state index is -0.478. The number of amides is 1. The van der Waals surface area contributed by atoms with E-state index in [2.05, 4.69) is 0 Å². The third kappa shape index (κ3) is 3.14. The molecule has 1 aromatic rings. The minimum absolute atomic E-state index is 0.277. The van der Waals surface area contributed by atoms with Crippen molar-refractivity contribution in [1.82, 2.24) is 4.90 Å². The number of benzene rings is 1. The van der Waals surface area contributed by atoms with E-state index < -0.39 is 6.61 Å². The number of carbonyl (C=O) groups excluding carboxylic acids is 2. The molecule has 0 saturated heterocycles. The van der Waals surface area contributed by atoms with Crippen molar-refractivity contribution in [2.24, 2.45) is 0 Å². The molecule has 4 heteroatoms. The Kier molecular flexibility index (Phi) is 4.40. The zero-order valence-corrected chi connectivity index (χ0v) is 10.4. The molecular formula is C13H17NO3. The SMILES string of the molecule is Cc1cc(C(=O)CO)c(C)cc1CN(C)C=O. The predicted molar refractivity (Wildman–Crippen MR) is 64.9 cm³/mol. The lowest BCUT2D eigenvalue weighted by Crippen LogP contribution is -2.16. The number of aliphatic hydroxyl groups excluding tert-OH is 1. The summed E-state index contributed by atoms with van der Waals surface area (Å²) in [5.41, 5.74) is 3.32. The fourth-order valence-electron chi connectivity index (χ4n) is 1.74. The van der Waals surface area contributed by atoms with Crippen LogP contribution in [0.3, 0.4) is 0 Å². The van der Waals surface area contributed by atoms with Crippen molar-refractivity contribution >= 4 is 12.2 Å². The molecule has 0 saturated carbocycles. The fraction of sp³-hybridized carbons (Fsp3) is 0.385. The first-order valence-corrected chi connectivity index (χ1v) is 5.39. The van der Waals surface area contributed by atoms with Crippen LogP contribution in [0.15, 0.2) is 12.1 Å². The Hall–Kier alpha value is -1.68. The van der Waals surface area contributed by atoms with Crippen LogP contribution in [0.4, 0.5) is 0 Å². The van der Waals surface area contributed by atoms with Gasteiger partial charge in [0.1, 0.15) is 6.61 Å². The zero-order chi connectivity index (χ0) is 13.0. The van der Waals surface area contributed by atoms with Gasteiger partial charge in [-0.1, -0.05) is 6.07 Å². The van der Waals surface area contributed by atoms with E-state index in [9.17, 15) is 9.59 Å². The van der Waals surface area contributed by atoms with Gasteiger partial charge in [-0.2, -0.15) is 0 Å². The Labute approximate surface area is 101 Å². The molecule has 0 aliphatic rings. The Morgan fingerprint density at radius 3 is 2.53 bits per heavy atom. The number of ketones is 1. The van der Waals surface area contributed by atoms with Crippen molar-refractivity contribution in [1.29, 1.82) is 0 Å². The van der Waals surface area contributed by atoms with E-state index >= 15 is 0 Å². The monoisotopic (exact) mass is 235 g/mol. The Morgan fingerprint density at radius 1 is 1.35 bits per heavy atom. The van der Waals surface area contributed by atoms with E-state index in [1.165, 1.54) is 4.90 Å². The standard InChI is InChI=1S/C13H17NO3/c1-9-5-12(13(17)7-15)10(2)4-11(9)6-14(3)8-16/h4-5,8,15H,6-7H2,1-3H3. The Bertz CT molecular complexity index is 441. The predicted octanol–water partition coefficient (Wildman–Crippen LogP) is 1.07. The summed E-state index contributed by atoms with van der Waals surface area (Å²) in [5.74, 6) is -0.277. The molecular weight excluding hydrogens is 218 g/mol. The summed E-state index contributed by atoms with van der Waals surface area (Å²) in [6.45, 7) is 3.76. The molecule has 0 radical (unpaired) electrons. The summed E-state index contributed by atoms with van der Waals surface area (Å²) in [7, 11) is 1.70. The highest BCUT2D eigenvalue weighted by Crippen LogP contribution is 2.17. The molecule has 0 heterocycles. The topological polar surface area (TPSA) is 57.6 Å². The summed E-state index contributed by atoms with van der Waals surface area (Å²) >= 11 is 0. The van der Waals surface area contributed by atoms with Gasteiger partial charge >= 0.3 is 0 Å². The van der Waals surface area contributed by atoms with Crippen molar-refractivity contribution in [3.8, 4) is 0 Å². The molecule has 4 nitrogen and oxygen atoms in total. The molecule has 0 fully saturated rings. The smallest absolute Gasteiger partial charge is 0.209 e. The number of carbonyl (C=O) groups is 2. The van der Waals surface area contributed by atoms with Gasteiger partial charge in [-0.3, -0.25) is 9.59 Å². The van der Waals surface area contributed by atoms with E-state index in [1.807, 2.05) is 19.9 Å². The first kappa shape index (κ1) is 13.4. The van der Waals surface area contributed by atoms with Crippen molar-refractivity contribution < 1.29 is 14.7 Å². The van der Waals surface area contributed by atoms with Crippen molar-refractivity contribution in [3.05, 3.63) is 34.4 Å². The molecule has 1 amide bonds. The van der Waals surface area contributed by atoms with Crippen LogP contribution in [-0.4, -0.2) is 35.9 Å². The van der Waals surface area contributed by atoms with Gasteiger partial charge in [0.05, 0.1) is 0 Å². The highest BCUT2D eigenvalue weighted by Gasteiger charge is 2.11. The maximum atomic E-state index is 11.5. The third-order valence-electron chi connectivity index (χ3n) is 2.73. The van der Waals surface area contributed by atoms with Gasteiger partial charge in [0.2, 0.25) is 6.41 Å². The van der Waals surface area contributed by atoms with Gasteiger partial charge in [0.15, 0.2) is 5.78 Å². The first-order valence-electron chi connectivity index (χ1n) is 5.39. The zero-order valence-electron chi connectivity index (χ0n) is 10.4. The van der Waals surface area contributed by atoms with E-state index in [1.54, 1.807) is 13.1 Å². The fourth-order valence-corrected chi connectivity index (χ4v) is 1.74. The highest BCUT2D eigenvalue weighted by atomic mass is 16.3. The van der Waals surface area contributed by atoms with Crippen LogP contribution >= 0.6 is 0 Å². The number of aliphatic hydroxyl groups is 1. The average Bonchev–Trinajstić information content (AvgIpc) is 2.32. The minimum Gasteiger partial charge on any atom is -0.388 e. The molecule has 0 atom stereocenters. The largest absolute Gasteiger partial charge is 0.388 e. The van der Waals surface area contributed by atoms with E-state index in [0.717, 1.165) is 23.1 Å². The van der Waals surface area contributed by atoms with Gasteiger partial charge in [-0.15, -0.1) is 0 Å². The van der Waals surface area contributed by atoms with Gasteiger partial charge in [0.25, 0.3) is 0 Å². The average molecular weight is 235 g/mol. The normalized spacial score (nSPS) is 10.1. The summed E-state index contributed by atoms with van der Waals surface area (Å²) in [6, 6.07) is 3.65. The lowest BCUT2D eigenvalue weighted by molar-refractivity contribution is -0.117. The number of hydrogen-bond acceptors (Lipinski definition) is 3. The molecule has 92 valence electrons. The summed E-state index contributed by atoms with van der Waals surface area (Å²) < 4.78 is 0. The number of rotatable bonds is 5. The summed E-state index contributed by atoms with van der Waals surface area (Å²) in [6.07, 6.45) is 0.765. The van der Waals surface area contributed by atoms with Crippen molar-refractivity contribution in [3.63, 3.8) is 0 Å². The number of hydrogen-bond donors (Lipinski definition) is 1. The van der Waals surface area contributed by atoms with Crippen LogP contribution in [-0.2, 0) is 11.3 Å². The van der Waals surface area contributed by atoms with Crippen LogP contribution < -0.4 is 0 Å². The number of aryl methyl sites for hydroxylation is 2. The Balaban J connectivity index is 3.09. The lowest BCUT2D eigenvalue weighted by Gasteiger charge is -2.15. The maximum Gasteiger partial charge on any atom is 0.209 e. The molecule has 17 heavy (non-hydrogen) atoms. The lowest BCUT2D eigenvalue weighted by atomic mass is 9.97. The molecule has 1 rings (SSSR count). The van der Waals surface area contributed by atoms with E-state index in [4.69, 9.17) is 5.11 Å². The van der Waals surface area contributed by atoms with Crippen LogP contribution in [0.5, 0.6) is 0 Å². The second-order valence-electron chi connectivity index (χ2n) is 4.20. The first-order chi connectivity index (χ1) is 7.99. The molecule has 0 spiro atoms. The maximum absolute atomic E-state index is 11.5. The summed E-state index contributed by atoms with van der Waals surface area (Å²) in [5, 5.41) is 8.85. The van der Waals surface area contributed by atoms with Crippen molar-refractivity contribution in [2.75, 3.05) is 13.7 Å². The third-order valence-corrected chi connectivity index (χ3v) is 2.73. The Morgan fingerprint density at radius 2 is 2.00 bits per heavy atom. The molecule has 0 aromatic heterocycles. The molecule has 0 unspecified atom stereocenters. The van der Waals surface area contributed by atoms with Crippen molar-refractivity contribution in [2.45, 2.75) is 20.4 Å². The van der Waals surface area contributed by atoms with Gasteiger partial charge < -0.3 is 10.0 Å². The molecule has 0 aliphatic carbocycles.